The van der Waals surface area contributed by atoms with Crippen molar-refractivity contribution in [2.75, 3.05) is 0 Å². The van der Waals surface area contributed by atoms with Crippen molar-refractivity contribution in [3.05, 3.63) is 0 Å². The van der Waals surface area contributed by atoms with Crippen molar-refractivity contribution in [3.8, 4) is 0 Å². The van der Waals surface area contributed by atoms with E-state index in [0.717, 1.165) is 54.9 Å². The van der Waals surface area contributed by atoms with Crippen LogP contribution in [0.3, 0.4) is 0 Å². The summed E-state index contributed by atoms with van der Waals surface area (Å²) in [6.45, 7) is 4.61. The second-order valence-electron chi connectivity index (χ2n) is 3.27. The predicted octanol–water partition coefficient (Wildman–Crippen LogP) is 2.14. The molecule has 0 spiro atoms. The van der Waals surface area contributed by atoms with Gasteiger partial charge in [0.1, 0.15) is 0 Å². The smallest absolute Gasteiger partial charge is 0.264 e. The molecule has 82 valence electrons. The molecule has 2 N–H and O–H groups in total. The second kappa shape index (κ2) is 11.0. The molecule has 1 atom stereocenters. The maximum Gasteiger partial charge on any atom is 0.394 e. The third kappa shape index (κ3) is 23.4. The van der Waals surface area contributed by atoms with Gasteiger partial charge < -0.3 is 0 Å². The van der Waals surface area contributed by atoms with Crippen LogP contribution in [0.15, 0.2) is 0 Å². The minimum absolute atomic E-state index is 1.08. The van der Waals surface area contributed by atoms with Gasteiger partial charge in [0.05, 0.1) is 0 Å². The first-order valence-corrected chi connectivity index (χ1v) is 8.65. The standard InChI is InChI=1S/C8H17.K.H2O4S/c1-4-6-7-8(3)5-2;;1-5(2,3)4/h8H,3-7H2,1-2H3;;(H2,1,2,3,4). The molecule has 0 amide bonds. The molecule has 0 aromatic heterocycles. The molecular weight excluding hydrogens is 231 g/mol. The summed E-state index contributed by atoms with van der Waals surface area (Å²) in [5, 5.41) is 0. The summed E-state index contributed by atoms with van der Waals surface area (Å²) in [7, 11) is -4.67. The Morgan fingerprint density at radius 1 is 1.29 bits per heavy atom. The van der Waals surface area contributed by atoms with E-state index >= 15 is 0 Å². The van der Waals surface area contributed by atoms with Gasteiger partial charge in [-0.2, -0.15) is 8.42 Å². The van der Waals surface area contributed by atoms with E-state index in [4.69, 9.17) is 17.5 Å². The van der Waals surface area contributed by atoms with Crippen molar-refractivity contribution >= 4 is 59.4 Å². The van der Waals surface area contributed by atoms with Crippen molar-refractivity contribution < 1.29 is 17.5 Å². The molecule has 0 rings (SSSR count). The van der Waals surface area contributed by atoms with Crippen molar-refractivity contribution in [3.63, 3.8) is 0 Å². The Morgan fingerprint density at radius 2 is 1.71 bits per heavy atom. The largest absolute Gasteiger partial charge is 0.394 e. The summed E-state index contributed by atoms with van der Waals surface area (Å²) < 4.78 is 33.1. The van der Waals surface area contributed by atoms with Crippen LogP contribution in [0, 0.1) is 5.92 Å². The maximum absolute atomic E-state index is 8.74. The molecule has 0 saturated carbocycles. The average molecular weight is 250 g/mol. The van der Waals surface area contributed by atoms with E-state index in [1.165, 1.54) is 25.7 Å². The van der Waals surface area contributed by atoms with Gasteiger partial charge in [-0.25, -0.2) is 0 Å². The Balaban J connectivity index is 0. The Morgan fingerprint density at radius 3 is 1.93 bits per heavy atom. The molecular formula is C8H19KO4S. The molecule has 0 bridgehead atoms. The van der Waals surface area contributed by atoms with Crippen LogP contribution in [0.5, 0.6) is 0 Å². The van der Waals surface area contributed by atoms with E-state index < -0.39 is 10.4 Å². The van der Waals surface area contributed by atoms with Crippen LogP contribution in [0.4, 0.5) is 0 Å². The third-order valence-electron chi connectivity index (χ3n) is 2.12. The summed E-state index contributed by atoms with van der Waals surface area (Å²) >= 11 is 1.08. The molecule has 0 saturated heterocycles. The van der Waals surface area contributed by atoms with Gasteiger partial charge in [-0.3, -0.25) is 9.11 Å². The summed E-state index contributed by atoms with van der Waals surface area (Å²) in [5.74, 6) is 1.09. The van der Waals surface area contributed by atoms with Crippen LogP contribution in [-0.4, -0.2) is 66.5 Å². The van der Waals surface area contributed by atoms with Gasteiger partial charge in [-0.1, -0.05) is 0 Å². The molecule has 0 aromatic rings. The fourth-order valence-electron chi connectivity index (χ4n) is 1.19. The molecule has 1 unspecified atom stereocenters. The van der Waals surface area contributed by atoms with Gasteiger partial charge in [0.15, 0.2) is 0 Å². The first-order chi connectivity index (χ1) is 6.35. The SMILES string of the molecule is CCCCC(CC)[CH2][K].O=S(=O)(O)O. The van der Waals surface area contributed by atoms with E-state index in [9.17, 15) is 0 Å². The van der Waals surface area contributed by atoms with Crippen LogP contribution in [0.1, 0.15) is 39.5 Å². The Labute approximate surface area is 121 Å². The third-order valence-corrected chi connectivity index (χ3v) is 3.92. The average Bonchev–Trinajstić information content (AvgIpc) is 2.04. The summed E-state index contributed by atoms with van der Waals surface area (Å²) in [5.41, 5.74) is 0. The molecule has 14 heavy (non-hydrogen) atoms. The summed E-state index contributed by atoms with van der Waals surface area (Å²) in [6.07, 6.45) is 5.74. The van der Waals surface area contributed by atoms with Crippen LogP contribution >= 0.6 is 0 Å². The first kappa shape index (κ1) is 17.9. The van der Waals surface area contributed by atoms with Gasteiger partial charge in [-0.05, 0) is 0 Å². The minimum atomic E-state index is -4.67. The number of rotatable bonds is 5. The quantitative estimate of drug-likeness (QED) is 0.579. The molecule has 0 aliphatic heterocycles. The van der Waals surface area contributed by atoms with Crippen LogP contribution in [-0.2, 0) is 10.4 Å². The van der Waals surface area contributed by atoms with Gasteiger partial charge in [0.2, 0.25) is 0 Å². The molecule has 0 radical (unpaired) electrons. The van der Waals surface area contributed by atoms with Crippen molar-refractivity contribution in [2.24, 2.45) is 5.92 Å². The first-order valence-electron chi connectivity index (χ1n) is 5.04. The van der Waals surface area contributed by atoms with E-state index in [2.05, 4.69) is 13.8 Å². The summed E-state index contributed by atoms with van der Waals surface area (Å²) in [6, 6.07) is 0. The van der Waals surface area contributed by atoms with E-state index in [0.29, 0.717) is 0 Å². The van der Waals surface area contributed by atoms with E-state index in [-0.39, 0.29) is 0 Å². The maximum atomic E-state index is 8.74. The van der Waals surface area contributed by atoms with Gasteiger partial charge in [-0.15, -0.1) is 0 Å². The van der Waals surface area contributed by atoms with Crippen LogP contribution < -0.4 is 0 Å². The topological polar surface area (TPSA) is 74.6 Å². The second-order valence-corrected chi connectivity index (χ2v) is 5.44. The van der Waals surface area contributed by atoms with Gasteiger partial charge in [0, 0.05) is 0 Å². The number of hydrogen-bond acceptors (Lipinski definition) is 2. The Kier molecular flexibility index (Phi) is 14.1. The molecule has 0 fully saturated rings. The predicted molar refractivity (Wildman–Crippen MR) is 58.0 cm³/mol. The molecule has 0 aliphatic carbocycles. The Bertz CT molecular complexity index is 191. The monoisotopic (exact) mass is 250 g/mol. The normalized spacial score (nSPS) is 13.0. The van der Waals surface area contributed by atoms with Crippen molar-refractivity contribution in [2.45, 2.75) is 40.0 Å². The molecule has 0 aromatic carbocycles. The van der Waals surface area contributed by atoms with Crippen LogP contribution in [0.2, 0.25) is 0.515 Å². The molecule has 0 heterocycles. The van der Waals surface area contributed by atoms with Crippen LogP contribution in [0.25, 0.3) is 0 Å². The zero-order valence-corrected chi connectivity index (χ0v) is 13.2. The number of unbranched alkanes of at least 4 members (excludes halogenated alkanes) is 1. The molecule has 4 nitrogen and oxygen atoms in total. The molecule has 0 aliphatic rings. The fraction of sp³-hybridized carbons (Fsp3) is 1.00. The van der Waals surface area contributed by atoms with Gasteiger partial charge in [0.25, 0.3) is 0 Å². The van der Waals surface area contributed by atoms with E-state index in [1.807, 2.05) is 0 Å². The summed E-state index contributed by atoms with van der Waals surface area (Å²) in [4.78, 5) is 0. The molecule has 6 heteroatoms. The zero-order valence-electron chi connectivity index (χ0n) is 9.23. The van der Waals surface area contributed by atoms with Crippen molar-refractivity contribution in [1.29, 1.82) is 0 Å². The van der Waals surface area contributed by atoms with E-state index in [1.54, 1.807) is 0.515 Å². The number of hydrogen-bond donors (Lipinski definition) is 2. The Hall–Kier alpha value is 1.51. The van der Waals surface area contributed by atoms with Gasteiger partial charge >= 0.3 is 105 Å². The fourth-order valence-corrected chi connectivity index (χ4v) is 2.73. The zero-order chi connectivity index (χ0) is 11.6. The minimum Gasteiger partial charge on any atom is -0.264 e. The van der Waals surface area contributed by atoms with Crippen molar-refractivity contribution in [1.82, 2.24) is 0 Å².